The van der Waals surface area contributed by atoms with E-state index in [9.17, 15) is 13.2 Å². The molecule has 0 aliphatic heterocycles. The van der Waals surface area contributed by atoms with Crippen molar-refractivity contribution >= 4 is 12.4 Å². The van der Waals surface area contributed by atoms with Crippen LogP contribution < -0.4 is 5.73 Å². The minimum Gasteiger partial charge on any atom is -0.329 e. The van der Waals surface area contributed by atoms with Gasteiger partial charge in [0.1, 0.15) is 5.82 Å². The Morgan fingerprint density at radius 3 is 2.20 bits per heavy atom. The van der Waals surface area contributed by atoms with Crippen LogP contribution in [0.15, 0.2) is 24.3 Å². The Labute approximate surface area is 91.9 Å². The van der Waals surface area contributed by atoms with E-state index in [2.05, 4.69) is 0 Å². The molecule has 0 amide bonds. The number of rotatable bonds is 2. The molecule has 0 saturated heterocycles. The minimum absolute atomic E-state index is 0. The molecule has 2 rings (SSSR count). The average molecular weight is 238 g/mol. The maximum absolute atomic E-state index is 13.3. The lowest BCUT2D eigenvalue weighted by atomic mass is 9.95. The molecule has 1 aromatic carbocycles. The number of nitrogens with two attached hydrogens (primary N) is 1. The van der Waals surface area contributed by atoms with Crippen molar-refractivity contribution in [2.24, 2.45) is 5.73 Å². The van der Waals surface area contributed by atoms with Gasteiger partial charge in [0.25, 0.3) is 5.92 Å². The maximum atomic E-state index is 13.3. The monoisotopic (exact) mass is 237 g/mol. The van der Waals surface area contributed by atoms with Crippen LogP contribution in [0.5, 0.6) is 0 Å². The van der Waals surface area contributed by atoms with E-state index in [1.807, 2.05) is 0 Å². The van der Waals surface area contributed by atoms with Crippen molar-refractivity contribution in [3.8, 4) is 0 Å². The molecule has 0 bridgehead atoms. The average Bonchev–Trinajstić information content (AvgIpc) is 2.70. The number of hydrogen-bond acceptors (Lipinski definition) is 1. The molecule has 1 saturated carbocycles. The summed E-state index contributed by atoms with van der Waals surface area (Å²) in [5, 5.41) is 0. The molecule has 0 radical (unpaired) electrons. The number of hydrogen-bond donors (Lipinski definition) is 1. The largest absolute Gasteiger partial charge is 0.329 e. The summed E-state index contributed by atoms with van der Waals surface area (Å²) in [5.41, 5.74) is 3.87. The second kappa shape index (κ2) is 3.68. The lowest BCUT2D eigenvalue weighted by Gasteiger charge is -2.14. The lowest BCUT2D eigenvalue weighted by Crippen LogP contribution is -2.27. The van der Waals surface area contributed by atoms with Crippen molar-refractivity contribution in [1.29, 1.82) is 0 Å². The third-order valence-electron chi connectivity index (χ3n) is 2.84. The van der Waals surface area contributed by atoms with Gasteiger partial charge >= 0.3 is 0 Å². The molecule has 0 heterocycles. The van der Waals surface area contributed by atoms with Gasteiger partial charge in [0, 0.05) is 18.5 Å². The molecule has 5 heteroatoms. The summed E-state index contributed by atoms with van der Waals surface area (Å²) in [6.45, 7) is -0.221. The first-order valence-electron chi connectivity index (χ1n) is 4.36. The van der Waals surface area contributed by atoms with Gasteiger partial charge in [-0.1, -0.05) is 18.2 Å². The van der Waals surface area contributed by atoms with E-state index in [0.29, 0.717) is 0 Å². The van der Waals surface area contributed by atoms with Gasteiger partial charge in [0.2, 0.25) is 0 Å². The van der Waals surface area contributed by atoms with Crippen LogP contribution in [0, 0.1) is 5.82 Å². The van der Waals surface area contributed by atoms with E-state index in [4.69, 9.17) is 5.73 Å². The summed E-state index contributed by atoms with van der Waals surface area (Å²) < 4.78 is 39.4. The highest BCUT2D eigenvalue weighted by Crippen LogP contribution is 2.61. The Bertz CT molecular complexity index is 369. The van der Waals surface area contributed by atoms with Gasteiger partial charge in [-0.25, -0.2) is 13.2 Å². The molecule has 0 spiro atoms. The highest BCUT2D eigenvalue weighted by atomic mass is 35.5. The molecular formula is C10H11ClF3N. The molecule has 1 aromatic rings. The summed E-state index contributed by atoms with van der Waals surface area (Å²) in [7, 11) is 0. The van der Waals surface area contributed by atoms with Crippen molar-refractivity contribution in [2.45, 2.75) is 17.8 Å². The summed E-state index contributed by atoms with van der Waals surface area (Å²) in [5.74, 6) is -3.46. The van der Waals surface area contributed by atoms with Gasteiger partial charge in [0.15, 0.2) is 0 Å². The highest BCUT2D eigenvalue weighted by molar-refractivity contribution is 5.85. The first-order chi connectivity index (χ1) is 6.53. The summed E-state index contributed by atoms with van der Waals surface area (Å²) in [6, 6.07) is 5.58. The smallest absolute Gasteiger partial charge is 0.260 e. The van der Waals surface area contributed by atoms with Crippen LogP contribution in [0.2, 0.25) is 0 Å². The van der Waals surface area contributed by atoms with Crippen molar-refractivity contribution < 1.29 is 13.2 Å². The van der Waals surface area contributed by atoms with Crippen LogP contribution in [0.25, 0.3) is 0 Å². The minimum atomic E-state index is -2.86. The van der Waals surface area contributed by atoms with Crippen LogP contribution in [0.3, 0.4) is 0 Å². The Balaban J connectivity index is 0.00000112. The standard InChI is InChI=1S/C10H10F3N.ClH/c11-8-4-2-1-3-7(8)9(6-14)5-10(9,12)13;/h1-4H,5-6,14H2;1H. The van der Waals surface area contributed by atoms with E-state index in [1.54, 1.807) is 6.07 Å². The Morgan fingerprint density at radius 2 is 1.80 bits per heavy atom. The van der Waals surface area contributed by atoms with Gasteiger partial charge < -0.3 is 5.73 Å². The zero-order chi connectivity index (χ0) is 10.4. The Hall–Kier alpha value is -0.740. The molecule has 84 valence electrons. The number of alkyl halides is 2. The molecule has 1 nitrogen and oxygen atoms in total. The van der Waals surface area contributed by atoms with Crippen LogP contribution in [-0.4, -0.2) is 12.5 Å². The predicted octanol–water partition coefficient (Wildman–Crippen LogP) is 2.48. The van der Waals surface area contributed by atoms with Crippen molar-refractivity contribution in [3.05, 3.63) is 35.6 Å². The van der Waals surface area contributed by atoms with Crippen molar-refractivity contribution in [2.75, 3.05) is 6.54 Å². The molecule has 1 atom stereocenters. The fraction of sp³-hybridized carbons (Fsp3) is 0.400. The van der Waals surface area contributed by atoms with E-state index in [1.165, 1.54) is 18.2 Å². The van der Waals surface area contributed by atoms with Crippen LogP contribution >= 0.6 is 12.4 Å². The number of halogens is 4. The summed E-state index contributed by atoms with van der Waals surface area (Å²) >= 11 is 0. The Morgan fingerprint density at radius 1 is 1.27 bits per heavy atom. The summed E-state index contributed by atoms with van der Waals surface area (Å²) in [6.07, 6.45) is -0.350. The van der Waals surface area contributed by atoms with Gasteiger partial charge in [-0.2, -0.15) is 0 Å². The fourth-order valence-electron chi connectivity index (χ4n) is 1.81. The molecule has 15 heavy (non-hydrogen) atoms. The quantitative estimate of drug-likeness (QED) is 0.840. The van der Waals surface area contributed by atoms with E-state index >= 15 is 0 Å². The van der Waals surface area contributed by atoms with Crippen molar-refractivity contribution in [3.63, 3.8) is 0 Å². The highest BCUT2D eigenvalue weighted by Gasteiger charge is 2.71. The third kappa shape index (κ3) is 1.62. The second-order valence-corrected chi connectivity index (χ2v) is 3.65. The molecule has 0 aromatic heterocycles. The zero-order valence-corrected chi connectivity index (χ0v) is 8.66. The van der Waals surface area contributed by atoms with Gasteiger partial charge in [-0.15, -0.1) is 12.4 Å². The van der Waals surface area contributed by atoms with Gasteiger partial charge in [-0.3, -0.25) is 0 Å². The van der Waals surface area contributed by atoms with Gasteiger partial charge in [-0.05, 0) is 6.07 Å². The molecular weight excluding hydrogens is 227 g/mol. The van der Waals surface area contributed by atoms with Crippen LogP contribution in [0.1, 0.15) is 12.0 Å². The van der Waals surface area contributed by atoms with E-state index in [-0.39, 0.29) is 30.9 Å². The normalized spacial score (nSPS) is 26.9. The molecule has 2 N–H and O–H groups in total. The fourth-order valence-corrected chi connectivity index (χ4v) is 1.81. The third-order valence-corrected chi connectivity index (χ3v) is 2.84. The second-order valence-electron chi connectivity index (χ2n) is 3.65. The summed E-state index contributed by atoms with van der Waals surface area (Å²) in [4.78, 5) is 0. The predicted molar refractivity (Wildman–Crippen MR) is 53.9 cm³/mol. The maximum Gasteiger partial charge on any atom is 0.260 e. The SMILES string of the molecule is Cl.NCC1(c2ccccc2F)CC1(F)F. The van der Waals surface area contributed by atoms with Gasteiger partial charge in [0.05, 0.1) is 5.41 Å². The topological polar surface area (TPSA) is 26.0 Å². The molecule has 1 fully saturated rings. The van der Waals surface area contributed by atoms with E-state index in [0.717, 1.165) is 0 Å². The number of benzene rings is 1. The lowest BCUT2D eigenvalue weighted by molar-refractivity contribution is 0.0887. The molecule has 1 aliphatic carbocycles. The molecule has 1 aliphatic rings. The first-order valence-corrected chi connectivity index (χ1v) is 4.36. The van der Waals surface area contributed by atoms with E-state index < -0.39 is 17.2 Å². The Kier molecular flexibility index (Phi) is 3.03. The van der Waals surface area contributed by atoms with Crippen LogP contribution in [-0.2, 0) is 5.41 Å². The van der Waals surface area contributed by atoms with Crippen LogP contribution in [0.4, 0.5) is 13.2 Å². The van der Waals surface area contributed by atoms with Crippen molar-refractivity contribution in [1.82, 2.24) is 0 Å². The zero-order valence-electron chi connectivity index (χ0n) is 7.84. The molecule has 1 unspecified atom stereocenters. The first kappa shape index (κ1) is 12.3.